The van der Waals surface area contributed by atoms with Crippen molar-refractivity contribution in [2.75, 3.05) is 13.1 Å². The van der Waals surface area contributed by atoms with E-state index in [1.807, 2.05) is 6.07 Å². The Morgan fingerprint density at radius 2 is 1.78 bits per heavy atom. The first-order chi connectivity index (χ1) is 11.0. The molecule has 2 rings (SSSR count). The van der Waals surface area contributed by atoms with Gasteiger partial charge in [0.05, 0.1) is 12.1 Å². The third-order valence-electron chi connectivity index (χ3n) is 4.57. The molecule has 0 bridgehead atoms. The van der Waals surface area contributed by atoms with E-state index in [0.29, 0.717) is 5.56 Å². The summed E-state index contributed by atoms with van der Waals surface area (Å²) in [4.78, 5) is 23.7. The topological polar surface area (TPSA) is 78.4 Å². The summed E-state index contributed by atoms with van der Waals surface area (Å²) in [5, 5.41) is 15.8. The lowest BCUT2D eigenvalue weighted by molar-refractivity contribution is -0.122. The normalized spacial score (nSPS) is 18.0. The van der Waals surface area contributed by atoms with Crippen molar-refractivity contribution >= 4 is 11.8 Å². The van der Waals surface area contributed by atoms with Crippen LogP contribution in [0.25, 0.3) is 0 Å². The van der Waals surface area contributed by atoms with Gasteiger partial charge in [0, 0.05) is 12.1 Å². The molecule has 1 saturated carbocycles. The molecule has 3 N–H and O–H groups in total. The SMILES string of the molecule is C[C@](O)(CNC(=O)CNC(=O)c1ccccc1)C1CCCCC1. The fourth-order valence-corrected chi connectivity index (χ4v) is 3.06. The van der Waals surface area contributed by atoms with E-state index in [1.54, 1.807) is 31.2 Å². The van der Waals surface area contributed by atoms with Crippen molar-refractivity contribution in [2.45, 2.75) is 44.6 Å². The maximum absolute atomic E-state index is 11.9. The van der Waals surface area contributed by atoms with Gasteiger partial charge in [-0.05, 0) is 37.8 Å². The predicted octanol–water partition coefficient (Wildman–Crippen LogP) is 1.86. The monoisotopic (exact) mass is 318 g/mol. The summed E-state index contributed by atoms with van der Waals surface area (Å²) in [6.45, 7) is 1.91. The van der Waals surface area contributed by atoms with Crippen LogP contribution in [0, 0.1) is 5.92 Å². The Morgan fingerprint density at radius 3 is 2.43 bits per heavy atom. The third kappa shape index (κ3) is 5.36. The van der Waals surface area contributed by atoms with E-state index >= 15 is 0 Å². The number of benzene rings is 1. The van der Waals surface area contributed by atoms with Crippen LogP contribution in [0.1, 0.15) is 49.4 Å². The highest BCUT2D eigenvalue weighted by Crippen LogP contribution is 2.32. The Hall–Kier alpha value is -1.88. The van der Waals surface area contributed by atoms with Gasteiger partial charge in [-0.25, -0.2) is 0 Å². The smallest absolute Gasteiger partial charge is 0.251 e. The maximum Gasteiger partial charge on any atom is 0.251 e. The van der Waals surface area contributed by atoms with Crippen molar-refractivity contribution < 1.29 is 14.7 Å². The number of hydrogen-bond acceptors (Lipinski definition) is 3. The lowest BCUT2D eigenvalue weighted by atomic mass is 9.78. The van der Waals surface area contributed by atoms with Crippen LogP contribution in [0.3, 0.4) is 0 Å². The number of carbonyl (C=O) groups excluding carboxylic acids is 2. The van der Waals surface area contributed by atoms with Gasteiger partial charge in [0.15, 0.2) is 0 Å². The van der Waals surface area contributed by atoms with Gasteiger partial charge in [-0.1, -0.05) is 37.5 Å². The van der Waals surface area contributed by atoms with Crippen LogP contribution < -0.4 is 10.6 Å². The highest BCUT2D eigenvalue weighted by molar-refractivity contribution is 5.96. The first kappa shape index (κ1) is 17.5. The van der Waals surface area contributed by atoms with E-state index in [1.165, 1.54) is 6.42 Å². The Kier molecular flexibility index (Phi) is 6.16. The van der Waals surface area contributed by atoms with Crippen LogP contribution >= 0.6 is 0 Å². The average molecular weight is 318 g/mol. The van der Waals surface area contributed by atoms with E-state index in [-0.39, 0.29) is 30.8 Å². The number of nitrogens with one attached hydrogen (secondary N) is 2. The molecule has 1 aliphatic rings. The van der Waals surface area contributed by atoms with Crippen LogP contribution in [-0.2, 0) is 4.79 Å². The molecule has 1 atom stereocenters. The number of amides is 2. The second kappa shape index (κ2) is 8.11. The van der Waals surface area contributed by atoms with Gasteiger partial charge in [0.1, 0.15) is 0 Å². The van der Waals surface area contributed by atoms with Crippen molar-refractivity contribution in [1.29, 1.82) is 0 Å². The molecule has 0 spiro atoms. The second-order valence-electron chi connectivity index (χ2n) is 6.52. The Morgan fingerprint density at radius 1 is 1.13 bits per heavy atom. The molecule has 1 fully saturated rings. The predicted molar refractivity (Wildman–Crippen MR) is 89.0 cm³/mol. The minimum Gasteiger partial charge on any atom is -0.388 e. The highest BCUT2D eigenvalue weighted by atomic mass is 16.3. The van der Waals surface area contributed by atoms with E-state index in [2.05, 4.69) is 10.6 Å². The van der Waals surface area contributed by atoms with Crippen molar-refractivity contribution in [3.05, 3.63) is 35.9 Å². The molecule has 1 aromatic carbocycles. The molecule has 0 aliphatic heterocycles. The highest BCUT2D eigenvalue weighted by Gasteiger charge is 2.32. The molecule has 2 amide bonds. The molecule has 0 saturated heterocycles. The minimum atomic E-state index is -0.889. The molecule has 0 heterocycles. The molecular weight excluding hydrogens is 292 g/mol. The minimum absolute atomic E-state index is 0.0888. The standard InChI is InChI=1S/C18H26N2O3/c1-18(23,15-10-6-3-7-11-15)13-20-16(21)12-19-17(22)14-8-4-2-5-9-14/h2,4-5,8-9,15,23H,3,6-7,10-13H2,1H3,(H,19,22)(H,20,21)/t18-/m0/s1. The quantitative estimate of drug-likeness (QED) is 0.749. The van der Waals surface area contributed by atoms with Crippen LogP contribution in [-0.4, -0.2) is 35.6 Å². The van der Waals surface area contributed by atoms with E-state index in [4.69, 9.17) is 0 Å². The van der Waals surface area contributed by atoms with Crippen LogP contribution in [0.15, 0.2) is 30.3 Å². The summed E-state index contributed by atoms with van der Waals surface area (Å²) in [6, 6.07) is 8.77. The lowest BCUT2D eigenvalue weighted by Gasteiger charge is -2.35. The van der Waals surface area contributed by atoms with Crippen molar-refractivity contribution in [3.63, 3.8) is 0 Å². The number of carbonyl (C=O) groups is 2. The fraction of sp³-hybridized carbons (Fsp3) is 0.556. The van der Waals surface area contributed by atoms with Crippen LogP contribution in [0.2, 0.25) is 0 Å². The van der Waals surface area contributed by atoms with Crippen molar-refractivity contribution in [3.8, 4) is 0 Å². The molecule has 0 radical (unpaired) electrons. The van der Waals surface area contributed by atoms with Gasteiger partial charge in [-0.2, -0.15) is 0 Å². The molecule has 23 heavy (non-hydrogen) atoms. The average Bonchev–Trinajstić information content (AvgIpc) is 2.59. The first-order valence-corrected chi connectivity index (χ1v) is 8.31. The summed E-state index contributed by atoms with van der Waals surface area (Å²) in [5.74, 6) is -0.333. The molecule has 1 aliphatic carbocycles. The Labute approximate surface area is 137 Å². The van der Waals surface area contributed by atoms with Crippen molar-refractivity contribution in [1.82, 2.24) is 10.6 Å². The maximum atomic E-state index is 11.9. The summed E-state index contributed by atoms with van der Waals surface area (Å²) in [7, 11) is 0. The zero-order chi connectivity index (χ0) is 16.7. The van der Waals surface area contributed by atoms with Gasteiger partial charge in [-0.15, -0.1) is 0 Å². The molecule has 1 aromatic rings. The zero-order valence-electron chi connectivity index (χ0n) is 13.7. The van der Waals surface area contributed by atoms with Gasteiger partial charge >= 0.3 is 0 Å². The Balaban J connectivity index is 1.73. The van der Waals surface area contributed by atoms with Gasteiger partial charge in [-0.3, -0.25) is 9.59 Å². The van der Waals surface area contributed by atoms with Crippen molar-refractivity contribution in [2.24, 2.45) is 5.92 Å². The second-order valence-corrected chi connectivity index (χ2v) is 6.52. The number of rotatable bonds is 6. The molecular formula is C18H26N2O3. The van der Waals surface area contributed by atoms with Gasteiger partial charge in [0.2, 0.25) is 5.91 Å². The third-order valence-corrected chi connectivity index (χ3v) is 4.57. The van der Waals surface area contributed by atoms with E-state index < -0.39 is 5.60 Å². The molecule has 5 heteroatoms. The summed E-state index contributed by atoms with van der Waals surface area (Å²) < 4.78 is 0. The zero-order valence-corrected chi connectivity index (χ0v) is 13.7. The molecule has 0 unspecified atom stereocenters. The Bertz CT molecular complexity index is 522. The van der Waals surface area contributed by atoms with E-state index in [0.717, 1.165) is 25.7 Å². The molecule has 126 valence electrons. The van der Waals surface area contributed by atoms with Crippen LogP contribution in [0.5, 0.6) is 0 Å². The van der Waals surface area contributed by atoms with Gasteiger partial charge < -0.3 is 15.7 Å². The number of hydrogen-bond donors (Lipinski definition) is 3. The van der Waals surface area contributed by atoms with Crippen LogP contribution in [0.4, 0.5) is 0 Å². The summed E-state index contributed by atoms with van der Waals surface area (Å²) >= 11 is 0. The molecule has 0 aromatic heterocycles. The first-order valence-electron chi connectivity index (χ1n) is 8.31. The fourth-order valence-electron chi connectivity index (χ4n) is 3.06. The largest absolute Gasteiger partial charge is 0.388 e. The number of aliphatic hydroxyl groups is 1. The summed E-state index contributed by atoms with van der Waals surface area (Å²) in [6.07, 6.45) is 5.52. The van der Waals surface area contributed by atoms with Gasteiger partial charge in [0.25, 0.3) is 5.91 Å². The summed E-state index contributed by atoms with van der Waals surface area (Å²) in [5.41, 5.74) is -0.367. The van der Waals surface area contributed by atoms with E-state index in [9.17, 15) is 14.7 Å². The lowest BCUT2D eigenvalue weighted by Crippen LogP contribution is -2.48. The molecule has 5 nitrogen and oxygen atoms in total.